The first-order chi connectivity index (χ1) is 10.5. The molecule has 0 fully saturated rings. The van der Waals surface area contributed by atoms with Crippen molar-refractivity contribution in [3.63, 3.8) is 0 Å². The summed E-state index contributed by atoms with van der Waals surface area (Å²) in [5, 5.41) is 10.6. The number of aromatic nitrogens is 5. The van der Waals surface area contributed by atoms with E-state index in [1.807, 2.05) is 19.9 Å². The van der Waals surface area contributed by atoms with Gasteiger partial charge < -0.3 is 9.84 Å². The molecule has 0 aromatic carbocycles. The maximum atomic E-state index is 12.0. The third-order valence-corrected chi connectivity index (χ3v) is 3.09. The highest BCUT2D eigenvalue weighted by Crippen LogP contribution is 2.12. The number of carbonyl (C=O) groups is 1. The SMILES string of the molecule is Cc1cc(C)n(-c2ncc(NC(=O)c3cnoc3C)cn2)n1. The van der Waals surface area contributed by atoms with E-state index in [9.17, 15) is 4.79 Å². The van der Waals surface area contributed by atoms with Gasteiger partial charge in [-0.1, -0.05) is 5.16 Å². The van der Waals surface area contributed by atoms with Gasteiger partial charge in [0.15, 0.2) is 0 Å². The number of amides is 1. The number of carbonyl (C=O) groups excluding carboxylic acids is 1. The zero-order valence-electron chi connectivity index (χ0n) is 12.4. The predicted molar refractivity (Wildman–Crippen MR) is 77.8 cm³/mol. The maximum absolute atomic E-state index is 12.0. The van der Waals surface area contributed by atoms with Crippen molar-refractivity contribution < 1.29 is 9.32 Å². The summed E-state index contributed by atoms with van der Waals surface area (Å²) in [4.78, 5) is 20.5. The quantitative estimate of drug-likeness (QED) is 0.792. The van der Waals surface area contributed by atoms with E-state index in [1.165, 1.54) is 18.6 Å². The largest absolute Gasteiger partial charge is 0.361 e. The number of aryl methyl sites for hydroxylation is 3. The molecule has 8 nitrogen and oxygen atoms in total. The molecular formula is C14H14N6O2. The molecule has 3 aromatic heterocycles. The van der Waals surface area contributed by atoms with Crippen molar-refractivity contribution in [2.75, 3.05) is 5.32 Å². The van der Waals surface area contributed by atoms with Crippen LogP contribution in [0.5, 0.6) is 0 Å². The lowest BCUT2D eigenvalue weighted by molar-refractivity contribution is 0.102. The minimum absolute atomic E-state index is 0.318. The highest BCUT2D eigenvalue weighted by molar-refractivity contribution is 6.04. The monoisotopic (exact) mass is 298 g/mol. The number of hydrogen-bond donors (Lipinski definition) is 1. The van der Waals surface area contributed by atoms with Crippen LogP contribution in [-0.4, -0.2) is 30.8 Å². The van der Waals surface area contributed by atoms with Gasteiger partial charge in [-0.2, -0.15) is 5.10 Å². The van der Waals surface area contributed by atoms with Gasteiger partial charge in [-0.25, -0.2) is 14.6 Å². The Labute approximate surface area is 126 Å². The molecule has 112 valence electrons. The van der Waals surface area contributed by atoms with Crippen molar-refractivity contribution in [3.8, 4) is 5.95 Å². The van der Waals surface area contributed by atoms with E-state index in [1.54, 1.807) is 11.6 Å². The van der Waals surface area contributed by atoms with E-state index >= 15 is 0 Å². The molecule has 0 spiro atoms. The standard InChI is InChI=1S/C14H14N6O2/c1-8-4-9(2)20(19-8)14-15-5-11(6-16-14)18-13(21)12-7-17-22-10(12)3/h4-7H,1-3H3,(H,18,21). The topological polar surface area (TPSA) is 98.7 Å². The molecule has 3 aromatic rings. The van der Waals surface area contributed by atoms with Gasteiger partial charge in [0.05, 0.1) is 30.0 Å². The Hall–Kier alpha value is -3.03. The third-order valence-electron chi connectivity index (χ3n) is 3.09. The Morgan fingerprint density at radius 2 is 1.91 bits per heavy atom. The summed E-state index contributed by atoms with van der Waals surface area (Å²) in [5.74, 6) is 0.587. The van der Waals surface area contributed by atoms with Crippen molar-refractivity contribution in [1.82, 2.24) is 24.9 Å². The lowest BCUT2D eigenvalue weighted by atomic mass is 10.2. The first kappa shape index (κ1) is 13.9. The van der Waals surface area contributed by atoms with Crippen LogP contribution in [-0.2, 0) is 0 Å². The second kappa shape index (κ2) is 5.40. The molecule has 0 unspecified atom stereocenters. The molecule has 0 radical (unpaired) electrons. The fraction of sp³-hybridized carbons (Fsp3) is 0.214. The summed E-state index contributed by atoms with van der Waals surface area (Å²) < 4.78 is 6.51. The molecule has 1 N–H and O–H groups in total. The molecule has 22 heavy (non-hydrogen) atoms. The van der Waals surface area contributed by atoms with Crippen LogP contribution in [0.2, 0.25) is 0 Å². The second-order valence-corrected chi connectivity index (χ2v) is 4.86. The first-order valence-electron chi connectivity index (χ1n) is 6.63. The van der Waals surface area contributed by atoms with Crippen molar-refractivity contribution in [2.24, 2.45) is 0 Å². The van der Waals surface area contributed by atoms with E-state index in [-0.39, 0.29) is 5.91 Å². The highest BCUT2D eigenvalue weighted by atomic mass is 16.5. The third kappa shape index (κ3) is 2.58. The van der Waals surface area contributed by atoms with Crippen molar-refractivity contribution in [1.29, 1.82) is 0 Å². The molecule has 0 aliphatic carbocycles. The van der Waals surface area contributed by atoms with E-state index in [2.05, 4.69) is 25.5 Å². The Kier molecular flexibility index (Phi) is 3.42. The number of nitrogens with one attached hydrogen (secondary N) is 1. The van der Waals surface area contributed by atoms with Crippen LogP contribution in [0, 0.1) is 20.8 Å². The van der Waals surface area contributed by atoms with E-state index < -0.39 is 0 Å². The van der Waals surface area contributed by atoms with Gasteiger partial charge in [0.2, 0.25) is 0 Å². The molecule has 3 rings (SSSR count). The molecular weight excluding hydrogens is 284 g/mol. The Morgan fingerprint density at radius 3 is 2.45 bits per heavy atom. The second-order valence-electron chi connectivity index (χ2n) is 4.86. The number of rotatable bonds is 3. The first-order valence-corrected chi connectivity index (χ1v) is 6.63. The molecule has 0 saturated carbocycles. The highest BCUT2D eigenvalue weighted by Gasteiger charge is 2.13. The van der Waals surface area contributed by atoms with Gasteiger partial charge in [0.25, 0.3) is 11.9 Å². The molecule has 0 atom stereocenters. The van der Waals surface area contributed by atoms with Gasteiger partial charge in [-0.3, -0.25) is 4.79 Å². The minimum Gasteiger partial charge on any atom is -0.361 e. The Balaban J connectivity index is 1.79. The van der Waals surface area contributed by atoms with E-state index in [0.717, 1.165) is 11.4 Å². The predicted octanol–water partition coefficient (Wildman–Crippen LogP) is 1.83. The summed E-state index contributed by atoms with van der Waals surface area (Å²) in [5.41, 5.74) is 2.69. The van der Waals surface area contributed by atoms with Gasteiger partial charge in [-0.15, -0.1) is 0 Å². The summed E-state index contributed by atoms with van der Waals surface area (Å²) in [6.07, 6.45) is 4.43. The average Bonchev–Trinajstić information content (AvgIpc) is 3.05. The van der Waals surface area contributed by atoms with E-state index in [0.29, 0.717) is 23.0 Å². The Bertz CT molecular complexity index is 818. The molecule has 0 aliphatic heterocycles. The average molecular weight is 298 g/mol. The van der Waals surface area contributed by atoms with E-state index in [4.69, 9.17) is 4.52 Å². The molecule has 0 bridgehead atoms. The summed E-state index contributed by atoms with van der Waals surface area (Å²) in [7, 11) is 0. The molecule has 8 heteroatoms. The number of nitrogens with zero attached hydrogens (tertiary/aromatic N) is 5. The normalized spacial score (nSPS) is 10.7. The fourth-order valence-electron chi connectivity index (χ4n) is 2.04. The van der Waals surface area contributed by atoms with Crippen molar-refractivity contribution >= 4 is 11.6 Å². The van der Waals surface area contributed by atoms with Crippen LogP contribution in [0.1, 0.15) is 27.5 Å². The van der Waals surface area contributed by atoms with Gasteiger partial charge in [0.1, 0.15) is 11.3 Å². The van der Waals surface area contributed by atoms with Gasteiger partial charge in [-0.05, 0) is 26.8 Å². The molecule has 3 heterocycles. The van der Waals surface area contributed by atoms with Crippen LogP contribution in [0.25, 0.3) is 5.95 Å². The zero-order chi connectivity index (χ0) is 15.7. The maximum Gasteiger partial charge on any atom is 0.260 e. The van der Waals surface area contributed by atoms with Gasteiger partial charge in [0, 0.05) is 5.69 Å². The van der Waals surface area contributed by atoms with Crippen molar-refractivity contribution in [2.45, 2.75) is 20.8 Å². The van der Waals surface area contributed by atoms with Crippen LogP contribution in [0.3, 0.4) is 0 Å². The van der Waals surface area contributed by atoms with Gasteiger partial charge >= 0.3 is 0 Å². The van der Waals surface area contributed by atoms with Crippen molar-refractivity contribution in [3.05, 3.63) is 47.4 Å². The molecule has 0 aliphatic rings. The summed E-state index contributed by atoms with van der Waals surface area (Å²) in [6.45, 7) is 5.50. The van der Waals surface area contributed by atoms with Crippen LogP contribution < -0.4 is 5.32 Å². The lowest BCUT2D eigenvalue weighted by Gasteiger charge is -2.05. The van der Waals surface area contributed by atoms with Crippen LogP contribution in [0.15, 0.2) is 29.2 Å². The zero-order valence-corrected chi connectivity index (χ0v) is 12.4. The fourth-order valence-corrected chi connectivity index (χ4v) is 2.04. The van der Waals surface area contributed by atoms with Crippen LogP contribution >= 0.6 is 0 Å². The lowest BCUT2D eigenvalue weighted by Crippen LogP contribution is -2.13. The molecule has 1 amide bonds. The summed E-state index contributed by atoms with van der Waals surface area (Å²) >= 11 is 0. The smallest absolute Gasteiger partial charge is 0.260 e. The van der Waals surface area contributed by atoms with Crippen LogP contribution in [0.4, 0.5) is 5.69 Å². The number of anilines is 1. The Morgan fingerprint density at radius 1 is 1.18 bits per heavy atom. The number of hydrogen-bond acceptors (Lipinski definition) is 6. The summed E-state index contributed by atoms with van der Waals surface area (Å²) in [6, 6.07) is 1.94. The minimum atomic E-state index is -0.318. The molecule has 0 saturated heterocycles.